The van der Waals surface area contributed by atoms with Crippen LogP contribution in [-0.2, 0) is 0 Å². The highest BCUT2D eigenvalue weighted by atomic mass is 19.1. The predicted molar refractivity (Wildman–Crippen MR) is 114 cm³/mol. The highest BCUT2D eigenvalue weighted by molar-refractivity contribution is 5.95. The third-order valence-corrected chi connectivity index (χ3v) is 4.54. The van der Waals surface area contributed by atoms with Crippen molar-refractivity contribution in [1.29, 1.82) is 5.26 Å². The van der Waals surface area contributed by atoms with E-state index in [1.54, 1.807) is 24.3 Å². The first kappa shape index (κ1) is 22.2. The smallest absolute Gasteiger partial charge is 0.292 e. The molecule has 32 heavy (non-hydrogen) atoms. The first-order valence-corrected chi connectivity index (χ1v) is 9.25. The van der Waals surface area contributed by atoms with Crippen molar-refractivity contribution in [1.82, 2.24) is 15.2 Å². The number of carbonyl (C=O) groups excluding carboxylic acids is 1. The van der Waals surface area contributed by atoms with Gasteiger partial charge in [-0.05, 0) is 43.3 Å². The molecule has 0 fully saturated rings. The van der Waals surface area contributed by atoms with E-state index in [0.29, 0.717) is 17.1 Å². The maximum Gasteiger partial charge on any atom is 0.292 e. The van der Waals surface area contributed by atoms with Gasteiger partial charge in [0.2, 0.25) is 0 Å². The van der Waals surface area contributed by atoms with E-state index in [-0.39, 0.29) is 22.5 Å². The lowest BCUT2D eigenvalue weighted by Crippen LogP contribution is -2.31. The number of nitrogens with zero attached hydrogens (tertiary/aromatic N) is 4. The topological polar surface area (TPSA) is 119 Å². The van der Waals surface area contributed by atoms with Gasteiger partial charge in [-0.15, -0.1) is 0 Å². The standard InChI is InChI=1S/C22H18FN5O4/c1-13-18(11-24)22(30)28(16-7-5-15(23)6-8-16)27-20(13)21(29)26-25-12-14-4-9-17(31-2)10-19(14)32-3/h4-10,12H,1-3H3,(H,26,29)/b25-12+. The predicted octanol–water partition coefficient (Wildman–Crippen LogP) is 2.33. The second kappa shape index (κ2) is 9.53. The average molecular weight is 435 g/mol. The zero-order valence-corrected chi connectivity index (χ0v) is 17.4. The van der Waals surface area contributed by atoms with Crippen LogP contribution in [0.4, 0.5) is 4.39 Å². The molecule has 0 saturated carbocycles. The molecular weight excluding hydrogens is 417 g/mol. The number of hydrogen-bond donors (Lipinski definition) is 1. The minimum Gasteiger partial charge on any atom is -0.497 e. The third kappa shape index (κ3) is 4.46. The summed E-state index contributed by atoms with van der Waals surface area (Å²) >= 11 is 0. The van der Waals surface area contributed by atoms with Crippen LogP contribution in [0.3, 0.4) is 0 Å². The number of hydrogen-bond acceptors (Lipinski definition) is 7. The van der Waals surface area contributed by atoms with Gasteiger partial charge in [0.05, 0.1) is 26.1 Å². The fourth-order valence-electron chi connectivity index (χ4n) is 2.85. The van der Waals surface area contributed by atoms with Crippen molar-refractivity contribution >= 4 is 12.1 Å². The summed E-state index contributed by atoms with van der Waals surface area (Å²) < 4.78 is 24.5. The minimum absolute atomic E-state index is 0.102. The number of nitrogens with one attached hydrogen (secondary N) is 1. The van der Waals surface area contributed by atoms with E-state index in [4.69, 9.17) is 9.47 Å². The van der Waals surface area contributed by atoms with Gasteiger partial charge < -0.3 is 9.47 Å². The average Bonchev–Trinajstić information content (AvgIpc) is 2.80. The van der Waals surface area contributed by atoms with Crippen molar-refractivity contribution < 1.29 is 18.7 Å². The van der Waals surface area contributed by atoms with Crippen LogP contribution in [0, 0.1) is 24.1 Å². The van der Waals surface area contributed by atoms with E-state index in [2.05, 4.69) is 15.6 Å². The van der Waals surface area contributed by atoms with Crippen LogP contribution in [0.1, 0.15) is 27.2 Å². The molecule has 0 saturated heterocycles. The Balaban J connectivity index is 1.94. The molecule has 1 heterocycles. The summed E-state index contributed by atoms with van der Waals surface area (Å²) in [6.07, 6.45) is 1.37. The number of hydrazone groups is 1. The summed E-state index contributed by atoms with van der Waals surface area (Å²) in [6, 6.07) is 11.8. The van der Waals surface area contributed by atoms with Gasteiger partial charge in [0, 0.05) is 17.2 Å². The van der Waals surface area contributed by atoms with Crippen LogP contribution in [0.5, 0.6) is 11.5 Å². The number of benzene rings is 2. The number of ether oxygens (including phenoxy) is 2. The molecular formula is C22H18FN5O4. The summed E-state index contributed by atoms with van der Waals surface area (Å²) in [5.74, 6) is -0.169. The molecule has 9 nitrogen and oxygen atoms in total. The van der Waals surface area contributed by atoms with E-state index in [1.165, 1.54) is 39.5 Å². The molecule has 2 aromatic carbocycles. The first-order chi connectivity index (χ1) is 15.4. The third-order valence-electron chi connectivity index (χ3n) is 4.54. The Labute approximate surface area is 182 Å². The Kier molecular flexibility index (Phi) is 6.60. The summed E-state index contributed by atoms with van der Waals surface area (Å²) in [5.41, 5.74) is 2.05. The Hall–Kier alpha value is -4.52. The van der Waals surface area contributed by atoms with Crippen LogP contribution in [-0.4, -0.2) is 36.1 Å². The largest absolute Gasteiger partial charge is 0.497 e. The van der Waals surface area contributed by atoms with Gasteiger partial charge in [-0.2, -0.15) is 20.1 Å². The molecule has 0 atom stereocenters. The summed E-state index contributed by atoms with van der Waals surface area (Å²) in [7, 11) is 3.01. The summed E-state index contributed by atoms with van der Waals surface area (Å²) in [5, 5.41) is 17.4. The fraction of sp³-hybridized carbons (Fsp3) is 0.136. The SMILES string of the molecule is COc1ccc(/C=N/NC(=O)c2nn(-c3ccc(F)cc3)c(=O)c(C#N)c2C)c(OC)c1. The van der Waals surface area contributed by atoms with Crippen LogP contribution >= 0.6 is 0 Å². The lowest BCUT2D eigenvalue weighted by molar-refractivity contribution is 0.0947. The lowest BCUT2D eigenvalue weighted by Gasteiger charge is -2.10. The van der Waals surface area contributed by atoms with Crippen molar-refractivity contribution in [3.8, 4) is 23.3 Å². The number of carbonyl (C=O) groups is 1. The van der Waals surface area contributed by atoms with Gasteiger partial charge in [-0.25, -0.2) is 9.82 Å². The van der Waals surface area contributed by atoms with Gasteiger partial charge in [-0.1, -0.05) is 0 Å². The Morgan fingerprint density at radius 1 is 1.22 bits per heavy atom. The molecule has 162 valence electrons. The zero-order valence-electron chi connectivity index (χ0n) is 17.4. The number of aromatic nitrogens is 2. The number of halogens is 1. The normalized spacial score (nSPS) is 10.6. The van der Waals surface area contributed by atoms with E-state index in [0.717, 1.165) is 16.8 Å². The maximum atomic E-state index is 13.2. The van der Waals surface area contributed by atoms with Gasteiger partial charge in [0.15, 0.2) is 5.69 Å². The van der Waals surface area contributed by atoms with E-state index >= 15 is 0 Å². The van der Waals surface area contributed by atoms with E-state index in [9.17, 15) is 19.2 Å². The van der Waals surface area contributed by atoms with E-state index < -0.39 is 17.3 Å². The molecule has 3 aromatic rings. The van der Waals surface area contributed by atoms with E-state index in [1.807, 2.05) is 0 Å². The number of methoxy groups -OCH3 is 2. The van der Waals surface area contributed by atoms with Crippen molar-refractivity contribution in [2.45, 2.75) is 6.92 Å². The van der Waals surface area contributed by atoms with Crippen LogP contribution in [0.15, 0.2) is 52.4 Å². The highest BCUT2D eigenvalue weighted by Gasteiger charge is 2.20. The molecule has 1 amide bonds. The number of amides is 1. The Morgan fingerprint density at radius 3 is 2.56 bits per heavy atom. The molecule has 0 spiro atoms. The van der Waals surface area contributed by atoms with Gasteiger partial charge in [0.25, 0.3) is 11.5 Å². The minimum atomic E-state index is -0.737. The molecule has 1 aromatic heterocycles. The summed E-state index contributed by atoms with van der Waals surface area (Å²) in [6.45, 7) is 1.44. The molecule has 0 aliphatic carbocycles. The van der Waals surface area contributed by atoms with Gasteiger partial charge in [0.1, 0.15) is 28.9 Å². The fourth-order valence-corrected chi connectivity index (χ4v) is 2.85. The van der Waals surface area contributed by atoms with Crippen LogP contribution in [0.25, 0.3) is 5.69 Å². The van der Waals surface area contributed by atoms with Crippen molar-refractivity contribution in [3.05, 3.63) is 81.0 Å². The molecule has 3 rings (SSSR count). The second-order valence-corrected chi connectivity index (χ2v) is 6.46. The lowest BCUT2D eigenvalue weighted by atomic mass is 10.1. The zero-order chi connectivity index (χ0) is 23.3. The van der Waals surface area contributed by atoms with Crippen molar-refractivity contribution in [2.24, 2.45) is 5.10 Å². The molecule has 0 radical (unpaired) electrons. The molecule has 10 heteroatoms. The van der Waals surface area contributed by atoms with Crippen molar-refractivity contribution in [2.75, 3.05) is 14.2 Å². The second-order valence-electron chi connectivity index (χ2n) is 6.46. The summed E-state index contributed by atoms with van der Waals surface area (Å²) in [4.78, 5) is 25.3. The Bertz CT molecular complexity index is 1290. The van der Waals surface area contributed by atoms with Crippen LogP contribution < -0.4 is 20.5 Å². The molecule has 0 aliphatic rings. The maximum absolute atomic E-state index is 13.2. The molecule has 0 unspecified atom stereocenters. The molecule has 0 bridgehead atoms. The van der Waals surface area contributed by atoms with Gasteiger partial charge >= 0.3 is 0 Å². The quantitative estimate of drug-likeness (QED) is 0.469. The van der Waals surface area contributed by atoms with Crippen molar-refractivity contribution in [3.63, 3.8) is 0 Å². The highest BCUT2D eigenvalue weighted by Crippen LogP contribution is 2.23. The monoisotopic (exact) mass is 435 g/mol. The number of rotatable bonds is 6. The molecule has 0 aliphatic heterocycles. The first-order valence-electron chi connectivity index (χ1n) is 9.25. The van der Waals surface area contributed by atoms with Gasteiger partial charge in [-0.3, -0.25) is 9.59 Å². The number of nitriles is 1. The van der Waals surface area contributed by atoms with Crippen LogP contribution in [0.2, 0.25) is 0 Å². The Morgan fingerprint density at radius 2 is 1.94 bits per heavy atom. The molecule has 1 N–H and O–H groups in total.